The molecule has 146 valence electrons. The van der Waals surface area contributed by atoms with Crippen molar-refractivity contribution in [2.75, 3.05) is 52.6 Å². The number of nitrogens with zero attached hydrogens (tertiary/aromatic N) is 1. The third-order valence-electron chi connectivity index (χ3n) is 3.84. The number of carbonyl (C=O) groups excluding carboxylic acids is 1. The first-order valence-corrected chi connectivity index (χ1v) is 10.2. The Labute approximate surface area is 154 Å². The normalized spacial score (nSPS) is 15.6. The van der Waals surface area contributed by atoms with Crippen LogP contribution in [0.5, 0.6) is 5.75 Å². The number of carbonyl (C=O) groups is 1. The molecule has 0 radical (unpaired) electrons. The Kier molecular flexibility index (Phi) is 8.30. The van der Waals surface area contributed by atoms with E-state index in [1.807, 2.05) is 0 Å². The molecule has 1 aromatic rings. The van der Waals surface area contributed by atoms with Gasteiger partial charge in [0.25, 0.3) is 0 Å². The molecule has 1 heterocycles. The van der Waals surface area contributed by atoms with Crippen LogP contribution in [0.15, 0.2) is 29.2 Å². The molecule has 0 saturated carbocycles. The number of benzene rings is 1. The average Bonchev–Trinajstić information content (AvgIpc) is 2.65. The fraction of sp³-hybridized carbons (Fsp3) is 0.588. The molecular formula is C17H26N2O6S. The summed E-state index contributed by atoms with van der Waals surface area (Å²) in [5.41, 5.74) is 0. The number of nitrogens with one attached hydrogen (secondary N) is 1. The van der Waals surface area contributed by atoms with Crippen molar-refractivity contribution in [3.05, 3.63) is 24.3 Å². The van der Waals surface area contributed by atoms with E-state index in [2.05, 4.69) is 9.62 Å². The zero-order chi connectivity index (χ0) is 18.8. The predicted octanol–water partition coefficient (Wildman–Crippen LogP) is 0.629. The molecule has 0 atom stereocenters. The van der Waals surface area contributed by atoms with Crippen LogP contribution in [0.1, 0.15) is 13.3 Å². The van der Waals surface area contributed by atoms with Crippen molar-refractivity contribution in [1.29, 1.82) is 0 Å². The predicted molar refractivity (Wildman–Crippen MR) is 95.6 cm³/mol. The minimum atomic E-state index is -3.56. The monoisotopic (exact) mass is 386 g/mol. The standard InChI is InChI=1S/C17H26N2O6S/c1-2-24-17(20)14-25-15-4-6-16(7-5-15)26(21,22)18-8-3-9-19-10-12-23-13-11-19/h4-7,18H,2-3,8-14H2,1H3. The molecule has 9 heteroatoms. The van der Waals surface area contributed by atoms with E-state index in [4.69, 9.17) is 14.2 Å². The highest BCUT2D eigenvalue weighted by molar-refractivity contribution is 7.89. The Hall–Kier alpha value is -1.68. The summed E-state index contributed by atoms with van der Waals surface area (Å²) in [6.07, 6.45) is 0.736. The summed E-state index contributed by atoms with van der Waals surface area (Å²) in [5.74, 6) is -0.0598. The quantitative estimate of drug-likeness (QED) is 0.465. The molecule has 1 N–H and O–H groups in total. The van der Waals surface area contributed by atoms with E-state index in [0.29, 0.717) is 12.3 Å². The minimum Gasteiger partial charge on any atom is -0.482 e. The molecule has 0 amide bonds. The van der Waals surface area contributed by atoms with Gasteiger partial charge in [0.05, 0.1) is 24.7 Å². The molecule has 1 aliphatic rings. The fourth-order valence-corrected chi connectivity index (χ4v) is 3.55. The second-order valence-corrected chi connectivity index (χ2v) is 7.54. The second-order valence-electron chi connectivity index (χ2n) is 5.77. The molecule has 0 spiro atoms. The van der Waals surface area contributed by atoms with Gasteiger partial charge in [-0.15, -0.1) is 0 Å². The van der Waals surface area contributed by atoms with Crippen LogP contribution in [0.3, 0.4) is 0 Å². The van der Waals surface area contributed by atoms with Crippen LogP contribution in [-0.4, -0.2) is 71.9 Å². The summed E-state index contributed by atoms with van der Waals surface area (Å²) in [7, 11) is -3.56. The number of morpholine rings is 1. The topological polar surface area (TPSA) is 94.2 Å². The summed E-state index contributed by atoms with van der Waals surface area (Å²) in [4.78, 5) is 13.7. The van der Waals surface area contributed by atoms with Crippen LogP contribution in [0, 0.1) is 0 Å². The highest BCUT2D eigenvalue weighted by Crippen LogP contribution is 2.16. The molecule has 26 heavy (non-hydrogen) atoms. The average molecular weight is 386 g/mol. The highest BCUT2D eigenvalue weighted by atomic mass is 32.2. The molecule has 0 bridgehead atoms. The third-order valence-corrected chi connectivity index (χ3v) is 5.32. The SMILES string of the molecule is CCOC(=O)COc1ccc(S(=O)(=O)NCCCN2CCOCC2)cc1. The van der Waals surface area contributed by atoms with E-state index in [9.17, 15) is 13.2 Å². The lowest BCUT2D eigenvalue weighted by molar-refractivity contribution is -0.145. The van der Waals surface area contributed by atoms with Gasteiger partial charge in [-0.3, -0.25) is 4.90 Å². The van der Waals surface area contributed by atoms with Crippen LogP contribution in [0.25, 0.3) is 0 Å². The Morgan fingerprint density at radius 2 is 1.92 bits per heavy atom. The van der Waals surface area contributed by atoms with Crippen LogP contribution < -0.4 is 9.46 Å². The summed E-state index contributed by atoms with van der Waals surface area (Å²) in [6, 6.07) is 5.93. The van der Waals surface area contributed by atoms with E-state index in [1.54, 1.807) is 6.92 Å². The van der Waals surface area contributed by atoms with Gasteiger partial charge < -0.3 is 14.2 Å². The Morgan fingerprint density at radius 3 is 2.58 bits per heavy atom. The summed E-state index contributed by atoms with van der Waals surface area (Å²) < 4.78 is 42.5. The molecule has 0 aliphatic carbocycles. The van der Waals surface area contributed by atoms with E-state index >= 15 is 0 Å². The molecule has 1 fully saturated rings. The smallest absolute Gasteiger partial charge is 0.344 e. The Morgan fingerprint density at radius 1 is 1.23 bits per heavy atom. The van der Waals surface area contributed by atoms with Gasteiger partial charge in [0.15, 0.2) is 6.61 Å². The van der Waals surface area contributed by atoms with Crippen molar-refractivity contribution in [1.82, 2.24) is 9.62 Å². The zero-order valence-corrected chi connectivity index (χ0v) is 15.8. The Bertz CT molecular complexity index is 656. The van der Waals surface area contributed by atoms with Gasteiger partial charge in [-0.25, -0.2) is 17.9 Å². The van der Waals surface area contributed by atoms with Crippen molar-refractivity contribution >= 4 is 16.0 Å². The lowest BCUT2D eigenvalue weighted by atomic mass is 10.3. The maximum atomic E-state index is 12.3. The maximum Gasteiger partial charge on any atom is 0.344 e. The zero-order valence-electron chi connectivity index (χ0n) is 15.0. The minimum absolute atomic E-state index is 0.160. The molecule has 2 rings (SSSR count). The van der Waals surface area contributed by atoms with E-state index in [-0.39, 0.29) is 18.1 Å². The van der Waals surface area contributed by atoms with Crippen molar-refractivity contribution in [2.24, 2.45) is 0 Å². The first-order valence-electron chi connectivity index (χ1n) is 8.69. The Balaban J connectivity index is 1.75. The van der Waals surface area contributed by atoms with Gasteiger partial charge in [-0.2, -0.15) is 0 Å². The first kappa shape index (κ1) is 20.6. The first-order chi connectivity index (χ1) is 12.5. The maximum absolute atomic E-state index is 12.3. The molecule has 8 nitrogen and oxygen atoms in total. The number of hydrogen-bond acceptors (Lipinski definition) is 7. The molecule has 0 aromatic heterocycles. The van der Waals surface area contributed by atoms with E-state index in [0.717, 1.165) is 39.3 Å². The lowest BCUT2D eigenvalue weighted by Crippen LogP contribution is -2.38. The van der Waals surface area contributed by atoms with Crippen molar-refractivity contribution in [2.45, 2.75) is 18.2 Å². The lowest BCUT2D eigenvalue weighted by Gasteiger charge is -2.26. The van der Waals surface area contributed by atoms with Crippen LogP contribution >= 0.6 is 0 Å². The van der Waals surface area contributed by atoms with Crippen molar-refractivity contribution in [3.63, 3.8) is 0 Å². The number of sulfonamides is 1. The number of hydrogen-bond donors (Lipinski definition) is 1. The second kappa shape index (κ2) is 10.5. The number of esters is 1. The molecule has 1 aromatic carbocycles. The van der Waals surface area contributed by atoms with Crippen molar-refractivity contribution < 1.29 is 27.4 Å². The van der Waals surface area contributed by atoms with Crippen molar-refractivity contribution in [3.8, 4) is 5.75 Å². The summed E-state index contributed by atoms with van der Waals surface area (Å²) >= 11 is 0. The van der Waals surface area contributed by atoms with Gasteiger partial charge in [0.2, 0.25) is 10.0 Å². The van der Waals surface area contributed by atoms with Gasteiger partial charge in [-0.05, 0) is 44.2 Å². The summed E-state index contributed by atoms with van der Waals surface area (Å²) in [5, 5.41) is 0. The van der Waals surface area contributed by atoms with Gasteiger partial charge in [0.1, 0.15) is 5.75 Å². The summed E-state index contributed by atoms with van der Waals surface area (Å²) in [6.45, 7) is 6.25. The van der Waals surface area contributed by atoms with Gasteiger partial charge in [-0.1, -0.05) is 0 Å². The fourth-order valence-electron chi connectivity index (χ4n) is 2.48. The molecule has 1 aliphatic heterocycles. The van der Waals surface area contributed by atoms with Gasteiger partial charge in [0, 0.05) is 19.6 Å². The van der Waals surface area contributed by atoms with Crippen LogP contribution in [0.2, 0.25) is 0 Å². The third kappa shape index (κ3) is 6.91. The number of rotatable bonds is 10. The van der Waals surface area contributed by atoms with E-state index < -0.39 is 16.0 Å². The van der Waals surface area contributed by atoms with Crippen LogP contribution in [0.4, 0.5) is 0 Å². The van der Waals surface area contributed by atoms with Gasteiger partial charge >= 0.3 is 5.97 Å². The molecule has 0 unspecified atom stereocenters. The van der Waals surface area contributed by atoms with Crippen LogP contribution in [-0.2, 0) is 24.3 Å². The van der Waals surface area contributed by atoms with E-state index in [1.165, 1.54) is 24.3 Å². The molecule has 1 saturated heterocycles. The largest absolute Gasteiger partial charge is 0.482 e. The highest BCUT2D eigenvalue weighted by Gasteiger charge is 2.15. The molecular weight excluding hydrogens is 360 g/mol. The number of ether oxygens (including phenoxy) is 3.